The third-order valence-electron chi connectivity index (χ3n) is 1.38. The van der Waals surface area contributed by atoms with Crippen molar-refractivity contribution in [1.29, 1.82) is 0 Å². The summed E-state index contributed by atoms with van der Waals surface area (Å²) < 4.78 is 0. The molecule has 0 unspecified atom stereocenters. The van der Waals surface area contributed by atoms with Crippen molar-refractivity contribution >= 4 is 0 Å². The number of nitrogens with one attached hydrogen (secondary N) is 1. The van der Waals surface area contributed by atoms with Gasteiger partial charge in [-0.25, -0.2) is 4.98 Å². The summed E-state index contributed by atoms with van der Waals surface area (Å²) in [7, 11) is 0. The molecule has 2 aromatic rings. The molecule has 2 heterocycles. The topological polar surface area (TPSA) is 41.6 Å². The standard InChI is InChI=1S/C8H6N3/c1-3-9-4-2-7(1)8-10-5-6-11-8/h1,3-6H,(H,10,11). The molecule has 2 aromatic heterocycles. The molecule has 0 saturated heterocycles. The molecule has 1 N–H and O–H groups in total. The Kier molecular flexibility index (Phi) is 1.41. The molecular weight excluding hydrogens is 138 g/mol. The van der Waals surface area contributed by atoms with Crippen LogP contribution in [0.4, 0.5) is 0 Å². The third-order valence-corrected chi connectivity index (χ3v) is 1.38. The third kappa shape index (κ3) is 1.12. The fraction of sp³-hybridized carbons (Fsp3) is 0. The summed E-state index contributed by atoms with van der Waals surface area (Å²) in [5.74, 6) is 0.826. The summed E-state index contributed by atoms with van der Waals surface area (Å²) in [5, 5.41) is 0. The van der Waals surface area contributed by atoms with Gasteiger partial charge in [0.25, 0.3) is 0 Å². The van der Waals surface area contributed by atoms with Crippen LogP contribution in [0.5, 0.6) is 0 Å². The second-order valence-electron chi connectivity index (χ2n) is 2.09. The van der Waals surface area contributed by atoms with Crippen molar-refractivity contribution in [2.45, 2.75) is 0 Å². The molecule has 0 aromatic carbocycles. The van der Waals surface area contributed by atoms with Gasteiger partial charge in [0.15, 0.2) is 0 Å². The Morgan fingerprint density at radius 2 is 2.36 bits per heavy atom. The number of aromatic nitrogens is 3. The van der Waals surface area contributed by atoms with Gasteiger partial charge in [-0.15, -0.1) is 0 Å². The fourth-order valence-corrected chi connectivity index (χ4v) is 0.875. The van der Waals surface area contributed by atoms with E-state index in [2.05, 4.69) is 21.0 Å². The molecule has 0 saturated carbocycles. The van der Waals surface area contributed by atoms with Crippen LogP contribution in [-0.2, 0) is 0 Å². The molecule has 2 rings (SSSR count). The fourth-order valence-electron chi connectivity index (χ4n) is 0.875. The van der Waals surface area contributed by atoms with Gasteiger partial charge in [-0.05, 0) is 6.07 Å². The van der Waals surface area contributed by atoms with E-state index in [-0.39, 0.29) is 0 Å². The van der Waals surface area contributed by atoms with Crippen LogP contribution in [0.25, 0.3) is 11.4 Å². The smallest absolute Gasteiger partial charge is 0.138 e. The molecule has 0 aliphatic carbocycles. The van der Waals surface area contributed by atoms with Gasteiger partial charge < -0.3 is 4.98 Å². The number of nitrogens with zero attached hydrogens (tertiary/aromatic N) is 2. The van der Waals surface area contributed by atoms with E-state index in [1.54, 1.807) is 24.8 Å². The first-order valence-corrected chi connectivity index (χ1v) is 3.28. The van der Waals surface area contributed by atoms with E-state index in [0.29, 0.717) is 0 Å². The molecule has 11 heavy (non-hydrogen) atoms. The highest BCUT2D eigenvalue weighted by Crippen LogP contribution is 2.10. The molecule has 3 nitrogen and oxygen atoms in total. The van der Waals surface area contributed by atoms with Crippen LogP contribution in [0.1, 0.15) is 0 Å². The van der Waals surface area contributed by atoms with Crippen LogP contribution in [0, 0.1) is 6.07 Å². The lowest BCUT2D eigenvalue weighted by atomic mass is 10.3. The van der Waals surface area contributed by atoms with Crippen molar-refractivity contribution in [3.63, 3.8) is 0 Å². The van der Waals surface area contributed by atoms with Crippen LogP contribution >= 0.6 is 0 Å². The SMILES string of the molecule is [c]1cnccc1-c1ncc[nH]1. The van der Waals surface area contributed by atoms with Gasteiger partial charge in [-0.2, -0.15) is 0 Å². The number of imidazole rings is 1. The Bertz CT molecular complexity index is 312. The minimum atomic E-state index is 0.826. The van der Waals surface area contributed by atoms with E-state index < -0.39 is 0 Å². The maximum Gasteiger partial charge on any atom is 0.138 e. The van der Waals surface area contributed by atoms with E-state index in [1.807, 2.05) is 6.07 Å². The predicted molar refractivity (Wildman–Crippen MR) is 40.7 cm³/mol. The van der Waals surface area contributed by atoms with E-state index in [0.717, 1.165) is 11.4 Å². The van der Waals surface area contributed by atoms with E-state index in [1.165, 1.54) is 0 Å². The zero-order valence-electron chi connectivity index (χ0n) is 5.78. The molecule has 53 valence electrons. The lowest BCUT2D eigenvalue weighted by Crippen LogP contribution is -1.79. The molecule has 0 bridgehead atoms. The second-order valence-corrected chi connectivity index (χ2v) is 2.09. The van der Waals surface area contributed by atoms with Crippen molar-refractivity contribution in [3.8, 4) is 11.4 Å². The van der Waals surface area contributed by atoms with Crippen LogP contribution in [0.3, 0.4) is 0 Å². The van der Waals surface area contributed by atoms with Gasteiger partial charge in [-0.3, -0.25) is 4.98 Å². The molecular formula is C8H6N3. The number of pyridine rings is 1. The van der Waals surface area contributed by atoms with Crippen molar-refractivity contribution in [2.75, 3.05) is 0 Å². The minimum Gasteiger partial charge on any atom is -0.345 e. The summed E-state index contributed by atoms with van der Waals surface area (Å²) in [6, 6.07) is 4.83. The van der Waals surface area contributed by atoms with E-state index in [9.17, 15) is 0 Å². The van der Waals surface area contributed by atoms with Gasteiger partial charge >= 0.3 is 0 Å². The molecule has 0 atom stereocenters. The number of aromatic amines is 1. The molecule has 0 aliphatic rings. The molecule has 0 spiro atoms. The zero-order chi connectivity index (χ0) is 7.52. The zero-order valence-corrected chi connectivity index (χ0v) is 5.78. The van der Waals surface area contributed by atoms with Crippen LogP contribution in [0.2, 0.25) is 0 Å². The molecule has 0 aliphatic heterocycles. The summed E-state index contributed by atoms with van der Waals surface area (Å²) in [5.41, 5.74) is 0.935. The van der Waals surface area contributed by atoms with Gasteiger partial charge in [-0.1, -0.05) is 0 Å². The number of H-pyrrole nitrogens is 1. The van der Waals surface area contributed by atoms with Gasteiger partial charge in [0.1, 0.15) is 5.82 Å². The molecule has 0 fully saturated rings. The van der Waals surface area contributed by atoms with Crippen molar-refractivity contribution in [1.82, 2.24) is 15.0 Å². The van der Waals surface area contributed by atoms with Gasteiger partial charge in [0.2, 0.25) is 0 Å². The quantitative estimate of drug-likeness (QED) is 0.654. The largest absolute Gasteiger partial charge is 0.345 e. The first-order valence-electron chi connectivity index (χ1n) is 3.28. The van der Waals surface area contributed by atoms with Crippen molar-refractivity contribution in [2.24, 2.45) is 0 Å². The second kappa shape index (κ2) is 2.54. The normalized spacial score (nSPS) is 9.82. The Balaban J connectivity index is 2.46. The molecule has 1 radical (unpaired) electrons. The Labute approximate surface area is 64.1 Å². The first kappa shape index (κ1) is 6.09. The number of hydrogen-bond donors (Lipinski definition) is 1. The van der Waals surface area contributed by atoms with Crippen LogP contribution in [0.15, 0.2) is 30.9 Å². The summed E-state index contributed by atoms with van der Waals surface area (Å²) in [6.45, 7) is 0. The summed E-state index contributed by atoms with van der Waals surface area (Å²) >= 11 is 0. The number of rotatable bonds is 1. The lowest BCUT2D eigenvalue weighted by molar-refractivity contribution is 1.27. The summed E-state index contributed by atoms with van der Waals surface area (Å²) in [6.07, 6.45) is 6.83. The average molecular weight is 144 g/mol. The van der Waals surface area contributed by atoms with Crippen LogP contribution < -0.4 is 0 Å². The van der Waals surface area contributed by atoms with Crippen LogP contribution in [-0.4, -0.2) is 15.0 Å². The monoisotopic (exact) mass is 144 g/mol. The van der Waals surface area contributed by atoms with Crippen molar-refractivity contribution in [3.05, 3.63) is 36.9 Å². The lowest BCUT2D eigenvalue weighted by Gasteiger charge is -1.91. The van der Waals surface area contributed by atoms with E-state index in [4.69, 9.17) is 0 Å². The summed E-state index contributed by atoms with van der Waals surface area (Å²) in [4.78, 5) is 10.9. The average Bonchev–Trinajstić information content (AvgIpc) is 2.58. The molecule has 0 amide bonds. The highest BCUT2D eigenvalue weighted by molar-refractivity contribution is 5.52. The first-order chi connectivity index (χ1) is 5.47. The maximum absolute atomic E-state index is 4.07. The van der Waals surface area contributed by atoms with Gasteiger partial charge in [0.05, 0.1) is 0 Å². The van der Waals surface area contributed by atoms with Crippen molar-refractivity contribution < 1.29 is 0 Å². The number of hydrogen-bond acceptors (Lipinski definition) is 2. The van der Waals surface area contributed by atoms with E-state index >= 15 is 0 Å². The Morgan fingerprint density at radius 1 is 1.36 bits per heavy atom. The highest BCUT2D eigenvalue weighted by Gasteiger charge is 1.96. The van der Waals surface area contributed by atoms with Gasteiger partial charge in [0, 0.05) is 36.4 Å². The predicted octanol–water partition coefficient (Wildman–Crippen LogP) is 1.27. The Hall–Kier alpha value is -1.64. The Morgan fingerprint density at radius 3 is 3.00 bits per heavy atom. The highest BCUT2D eigenvalue weighted by atomic mass is 14.9. The molecule has 3 heteroatoms. The maximum atomic E-state index is 4.07. The minimum absolute atomic E-state index is 0.826.